The van der Waals surface area contributed by atoms with Crippen molar-refractivity contribution < 1.29 is 0 Å². The molecule has 0 saturated carbocycles. The molecule has 0 spiro atoms. The van der Waals surface area contributed by atoms with Gasteiger partial charge in [-0.25, -0.2) is 4.98 Å². The first-order valence-corrected chi connectivity index (χ1v) is 7.37. The molecule has 1 aromatic rings. The van der Waals surface area contributed by atoms with E-state index in [1.54, 1.807) is 0 Å². The topological polar surface area (TPSA) is 47.1 Å². The minimum Gasteiger partial charge on any atom is -0.319 e. The van der Waals surface area contributed by atoms with Crippen LogP contribution in [-0.2, 0) is 12.8 Å². The van der Waals surface area contributed by atoms with Gasteiger partial charge in [-0.2, -0.15) is 0 Å². The molecule has 0 aliphatic carbocycles. The van der Waals surface area contributed by atoms with Gasteiger partial charge in [-0.3, -0.25) is 0 Å². The van der Waals surface area contributed by atoms with E-state index in [2.05, 4.69) is 15.7 Å². The Morgan fingerprint density at radius 3 is 2.83 bits per heavy atom. The maximum absolute atomic E-state index is 6.11. The van der Waals surface area contributed by atoms with E-state index < -0.39 is 0 Å². The molecule has 1 aromatic heterocycles. The van der Waals surface area contributed by atoms with Gasteiger partial charge in [-0.05, 0) is 38.8 Å². The van der Waals surface area contributed by atoms with Gasteiger partial charge < -0.3 is 15.2 Å². The number of hydrogen-bond acceptors (Lipinski definition) is 3. The third-order valence-electron chi connectivity index (χ3n) is 4.25. The normalized spacial score (nSPS) is 25.1. The van der Waals surface area contributed by atoms with E-state index in [-0.39, 0.29) is 6.17 Å². The van der Waals surface area contributed by atoms with Gasteiger partial charge >= 0.3 is 0 Å². The van der Waals surface area contributed by atoms with E-state index in [4.69, 9.17) is 10.7 Å². The molecule has 0 amide bonds. The molecule has 4 heteroatoms. The highest BCUT2D eigenvalue weighted by Gasteiger charge is 2.18. The number of rotatable bonds is 3. The average molecular weight is 248 g/mol. The molecule has 18 heavy (non-hydrogen) atoms. The van der Waals surface area contributed by atoms with E-state index in [1.807, 2.05) is 0 Å². The molecule has 0 radical (unpaired) electrons. The van der Waals surface area contributed by atoms with Gasteiger partial charge in [0.15, 0.2) is 0 Å². The van der Waals surface area contributed by atoms with Crippen molar-refractivity contribution in [1.29, 1.82) is 0 Å². The number of likely N-dealkylation sites (tertiary alicyclic amines) is 1. The van der Waals surface area contributed by atoms with Gasteiger partial charge in [0.2, 0.25) is 0 Å². The first kappa shape index (κ1) is 12.2. The fourth-order valence-electron chi connectivity index (χ4n) is 3.14. The van der Waals surface area contributed by atoms with Crippen LogP contribution >= 0.6 is 0 Å². The summed E-state index contributed by atoms with van der Waals surface area (Å²) in [7, 11) is 0. The van der Waals surface area contributed by atoms with Crippen molar-refractivity contribution in [2.75, 3.05) is 19.6 Å². The predicted molar refractivity (Wildman–Crippen MR) is 72.4 cm³/mol. The Kier molecular flexibility index (Phi) is 3.66. The fraction of sp³-hybridized carbons (Fsp3) is 0.786. The minimum atomic E-state index is 0.157. The second kappa shape index (κ2) is 5.41. The summed E-state index contributed by atoms with van der Waals surface area (Å²) < 4.78 is 2.19. The summed E-state index contributed by atoms with van der Waals surface area (Å²) in [6, 6.07) is 0. The summed E-state index contributed by atoms with van der Waals surface area (Å²) >= 11 is 0. The lowest BCUT2D eigenvalue weighted by Gasteiger charge is -2.25. The van der Waals surface area contributed by atoms with Crippen LogP contribution < -0.4 is 5.73 Å². The van der Waals surface area contributed by atoms with Crippen molar-refractivity contribution in [1.82, 2.24) is 14.5 Å². The SMILES string of the molecule is NC1CCCc2nc(CCN3CCCCC3)cn21. The Labute approximate surface area is 109 Å². The van der Waals surface area contributed by atoms with Gasteiger partial charge in [-0.1, -0.05) is 6.42 Å². The van der Waals surface area contributed by atoms with Gasteiger partial charge in [0.25, 0.3) is 0 Å². The van der Waals surface area contributed by atoms with Crippen LogP contribution in [0.25, 0.3) is 0 Å². The zero-order valence-electron chi connectivity index (χ0n) is 11.1. The van der Waals surface area contributed by atoms with Crippen LogP contribution in [0.15, 0.2) is 6.20 Å². The van der Waals surface area contributed by atoms with E-state index in [0.29, 0.717) is 0 Å². The number of nitrogens with two attached hydrogens (primary N) is 1. The molecule has 1 saturated heterocycles. The van der Waals surface area contributed by atoms with Crippen molar-refractivity contribution in [3.8, 4) is 0 Å². The average Bonchev–Trinajstić information content (AvgIpc) is 2.82. The van der Waals surface area contributed by atoms with Gasteiger partial charge in [0, 0.05) is 25.6 Å². The Morgan fingerprint density at radius 2 is 2.06 bits per heavy atom. The van der Waals surface area contributed by atoms with Crippen molar-refractivity contribution in [2.24, 2.45) is 5.73 Å². The number of aryl methyl sites for hydroxylation is 1. The highest BCUT2D eigenvalue weighted by atomic mass is 15.2. The predicted octanol–water partition coefficient (Wildman–Crippen LogP) is 1.71. The summed E-state index contributed by atoms with van der Waals surface area (Å²) in [5.41, 5.74) is 7.34. The smallest absolute Gasteiger partial charge is 0.110 e. The molecule has 1 fully saturated rings. The lowest BCUT2D eigenvalue weighted by molar-refractivity contribution is 0.231. The number of aromatic nitrogens is 2. The zero-order valence-corrected chi connectivity index (χ0v) is 11.1. The second-order valence-electron chi connectivity index (χ2n) is 5.67. The third kappa shape index (κ3) is 2.59. The lowest BCUT2D eigenvalue weighted by atomic mass is 10.1. The molecule has 2 N–H and O–H groups in total. The molecular weight excluding hydrogens is 224 g/mol. The van der Waals surface area contributed by atoms with Crippen LogP contribution in [-0.4, -0.2) is 34.1 Å². The number of piperidine rings is 1. The zero-order chi connectivity index (χ0) is 12.4. The highest BCUT2D eigenvalue weighted by molar-refractivity contribution is 5.08. The summed E-state index contributed by atoms with van der Waals surface area (Å²) in [6.45, 7) is 3.70. The lowest BCUT2D eigenvalue weighted by Crippen LogP contribution is -2.31. The van der Waals surface area contributed by atoms with E-state index in [9.17, 15) is 0 Å². The van der Waals surface area contributed by atoms with Crippen LogP contribution in [0.1, 0.15) is 49.8 Å². The Bertz CT molecular complexity index is 392. The first-order chi connectivity index (χ1) is 8.83. The standard InChI is InChI=1S/C14H24N4/c15-13-5-4-6-14-16-12(11-18(13)14)7-10-17-8-2-1-3-9-17/h11,13H,1-10,15H2. The van der Waals surface area contributed by atoms with Gasteiger partial charge in [0.1, 0.15) is 5.82 Å². The Balaban J connectivity index is 1.59. The van der Waals surface area contributed by atoms with Gasteiger partial charge in [-0.15, -0.1) is 0 Å². The summed E-state index contributed by atoms with van der Waals surface area (Å²) in [5.74, 6) is 1.20. The molecule has 100 valence electrons. The van der Waals surface area contributed by atoms with Crippen LogP contribution in [0.3, 0.4) is 0 Å². The van der Waals surface area contributed by atoms with Crippen LogP contribution in [0.2, 0.25) is 0 Å². The second-order valence-corrected chi connectivity index (χ2v) is 5.67. The van der Waals surface area contributed by atoms with E-state index in [1.165, 1.54) is 50.3 Å². The van der Waals surface area contributed by atoms with Crippen molar-refractivity contribution in [3.63, 3.8) is 0 Å². The number of fused-ring (bicyclic) bond motifs is 1. The van der Waals surface area contributed by atoms with Crippen LogP contribution in [0, 0.1) is 0 Å². The fourth-order valence-corrected chi connectivity index (χ4v) is 3.14. The summed E-state index contributed by atoms with van der Waals surface area (Å²) in [5, 5.41) is 0. The number of nitrogens with zero attached hydrogens (tertiary/aromatic N) is 3. The minimum absolute atomic E-state index is 0.157. The van der Waals surface area contributed by atoms with E-state index in [0.717, 1.165) is 25.8 Å². The molecule has 1 unspecified atom stereocenters. The monoisotopic (exact) mass is 248 g/mol. The molecule has 3 rings (SSSR count). The number of hydrogen-bond donors (Lipinski definition) is 1. The number of imidazole rings is 1. The van der Waals surface area contributed by atoms with E-state index >= 15 is 0 Å². The molecule has 2 aliphatic rings. The molecule has 4 nitrogen and oxygen atoms in total. The summed E-state index contributed by atoms with van der Waals surface area (Å²) in [6.07, 6.45) is 10.9. The highest BCUT2D eigenvalue weighted by Crippen LogP contribution is 2.21. The van der Waals surface area contributed by atoms with Crippen LogP contribution in [0.5, 0.6) is 0 Å². The quantitative estimate of drug-likeness (QED) is 0.885. The van der Waals surface area contributed by atoms with Gasteiger partial charge in [0.05, 0.1) is 11.9 Å². The van der Waals surface area contributed by atoms with Crippen molar-refractivity contribution in [2.45, 2.75) is 51.1 Å². The van der Waals surface area contributed by atoms with Crippen molar-refractivity contribution in [3.05, 3.63) is 17.7 Å². The van der Waals surface area contributed by atoms with Crippen LogP contribution in [0.4, 0.5) is 0 Å². The van der Waals surface area contributed by atoms with Crippen molar-refractivity contribution >= 4 is 0 Å². The molecule has 0 aromatic carbocycles. The molecule has 1 atom stereocenters. The molecule has 2 aliphatic heterocycles. The molecule has 3 heterocycles. The molecule has 0 bridgehead atoms. The maximum Gasteiger partial charge on any atom is 0.110 e. The summed E-state index contributed by atoms with van der Waals surface area (Å²) in [4.78, 5) is 7.31. The Morgan fingerprint density at radius 1 is 1.22 bits per heavy atom. The third-order valence-corrected chi connectivity index (χ3v) is 4.25. The molecular formula is C14H24N4. The maximum atomic E-state index is 6.11. The Hall–Kier alpha value is -0.870. The first-order valence-electron chi connectivity index (χ1n) is 7.37. The largest absolute Gasteiger partial charge is 0.319 e.